The molecule has 0 aromatic heterocycles. The number of rotatable bonds is 7. The molecule has 1 saturated heterocycles. The number of nitrogens with one attached hydrogen (secondary N) is 1. The van der Waals surface area contributed by atoms with Crippen molar-refractivity contribution >= 4 is 15.7 Å². The molecule has 1 aromatic carbocycles. The molecule has 2 rings (SSSR count). The summed E-state index contributed by atoms with van der Waals surface area (Å²) < 4.78 is 38.1. The van der Waals surface area contributed by atoms with E-state index in [-0.39, 0.29) is 23.3 Å². The van der Waals surface area contributed by atoms with Crippen molar-refractivity contribution in [2.24, 2.45) is 0 Å². The Balaban J connectivity index is 2.09. The molecule has 1 aliphatic rings. The Kier molecular flexibility index (Phi) is 6.34. The van der Waals surface area contributed by atoms with Gasteiger partial charge in [-0.15, -0.1) is 0 Å². The highest BCUT2D eigenvalue weighted by Crippen LogP contribution is 2.20. The van der Waals surface area contributed by atoms with Gasteiger partial charge < -0.3 is 10.2 Å². The van der Waals surface area contributed by atoms with E-state index in [1.54, 1.807) is 4.90 Å². The number of hydrogen-bond acceptors (Lipinski definition) is 4. The van der Waals surface area contributed by atoms with E-state index in [9.17, 15) is 17.6 Å². The molecule has 0 spiro atoms. The van der Waals surface area contributed by atoms with Gasteiger partial charge in [0.2, 0.25) is 5.91 Å². The Morgan fingerprint density at radius 1 is 1.38 bits per heavy atom. The van der Waals surface area contributed by atoms with Crippen molar-refractivity contribution < 1.29 is 17.6 Å². The molecule has 0 bridgehead atoms. The van der Waals surface area contributed by atoms with Crippen molar-refractivity contribution in [3.63, 3.8) is 0 Å². The van der Waals surface area contributed by atoms with Gasteiger partial charge in [-0.2, -0.15) is 0 Å². The molecule has 7 heteroatoms. The number of nitrogens with zero attached hydrogens (tertiary/aromatic N) is 1. The molecule has 0 radical (unpaired) electrons. The van der Waals surface area contributed by atoms with Crippen molar-refractivity contribution in [2.45, 2.75) is 49.3 Å². The van der Waals surface area contributed by atoms with Gasteiger partial charge in [0.15, 0.2) is 9.84 Å². The summed E-state index contributed by atoms with van der Waals surface area (Å²) in [6.07, 6.45) is 1.67. The van der Waals surface area contributed by atoms with Gasteiger partial charge in [-0.05, 0) is 50.6 Å². The van der Waals surface area contributed by atoms with E-state index in [2.05, 4.69) is 5.32 Å². The van der Waals surface area contributed by atoms with Crippen LogP contribution in [0, 0.1) is 5.82 Å². The average Bonchev–Trinajstić information content (AvgIpc) is 3.06. The summed E-state index contributed by atoms with van der Waals surface area (Å²) in [6, 6.07) is 4.87. The maximum Gasteiger partial charge on any atom is 0.224 e. The van der Waals surface area contributed by atoms with Crippen LogP contribution < -0.4 is 5.32 Å². The third kappa shape index (κ3) is 4.33. The van der Waals surface area contributed by atoms with E-state index in [1.165, 1.54) is 19.1 Å². The van der Waals surface area contributed by atoms with Gasteiger partial charge >= 0.3 is 0 Å². The maximum absolute atomic E-state index is 13.0. The first-order chi connectivity index (χ1) is 11.4. The Morgan fingerprint density at radius 2 is 2.04 bits per heavy atom. The van der Waals surface area contributed by atoms with Crippen molar-refractivity contribution in [2.75, 3.05) is 19.6 Å². The Morgan fingerprint density at radius 3 is 2.58 bits per heavy atom. The van der Waals surface area contributed by atoms with Gasteiger partial charge in [0.25, 0.3) is 0 Å². The lowest BCUT2D eigenvalue weighted by Gasteiger charge is -2.29. The quantitative estimate of drug-likeness (QED) is 0.759. The largest absolute Gasteiger partial charge is 0.338 e. The molecule has 0 saturated carbocycles. The molecule has 1 fully saturated rings. The van der Waals surface area contributed by atoms with E-state index in [0.29, 0.717) is 6.54 Å². The third-order valence-electron chi connectivity index (χ3n) is 4.39. The fourth-order valence-corrected chi connectivity index (χ4v) is 4.33. The van der Waals surface area contributed by atoms with E-state index in [0.717, 1.165) is 38.1 Å². The van der Waals surface area contributed by atoms with Crippen molar-refractivity contribution in [3.05, 3.63) is 30.1 Å². The van der Waals surface area contributed by atoms with Gasteiger partial charge in [0.05, 0.1) is 10.1 Å². The van der Waals surface area contributed by atoms with Gasteiger partial charge in [0.1, 0.15) is 5.82 Å². The summed E-state index contributed by atoms with van der Waals surface area (Å²) in [5.74, 6) is -0.621. The monoisotopic (exact) mass is 356 g/mol. The molecule has 134 valence electrons. The lowest BCUT2D eigenvalue weighted by atomic mass is 10.2. The van der Waals surface area contributed by atoms with E-state index < -0.39 is 20.9 Å². The highest BCUT2D eigenvalue weighted by Gasteiger charge is 2.31. The highest BCUT2D eigenvalue weighted by atomic mass is 32.2. The van der Waals surface area contributed by atoms with Gasteiger partial charge in [0, 0.05) is 25.6 Å². The molecule has 1 heterocycles. The molecule has 1 aliphatic heterocycles. The zero-order valence-electron chi connectivity index (χ0n) is 14.2. The predicted molar refractivity (Wildman–Crippen MR) is 90.9 cm³/mol. The van der Waals surface area contributed by atoms with Crippen molar-refractivity contribution in [3.8, 4) is 0 Å². The second-order valence-electron chi connectivity index (χ2n) is 6.25. The second-order valence-corrected chi connectivity index (χ2v) is 8.61. The third-order valence-corrected chi connectivity index (χ3v) is 6.55. The second kappa shape index (κ2) is 8.07. The molecule has 24 heavy (non-hydrogen) atoms. The van der Waals surface area contributed by atoms with Crippen LogP contribution in [-0.4, -0.2) is 50.2 Å². The normalized spacial score (nSPS) is 19.2. The summed E-state index contributed by atoms with van der Waals surface area (Å²) in [4.78, 5) is 14.5. The fourth-order valence-electron chi connectivity index (χ4n) is 2.99. The van der Waals surface area contributed by atoms with Crippen LogP contribution in [0.4, 0.5) is 4.39 Å². The predicted octanol–water partition coefficient (Wildman–Crippen LogP) is 1.98. The van der Waals surface area contributed by atoms with E-state index >= 15 is 0 Å². The number of hydrogen-bond donors (Lipinski definition) is 1. The topological polar surface area (TPSA) is 66.5 Å². The number of benzene rings is 1. The Bertz CT molecular complexity index is 655. The molecule has 1 amide bonds. The molecular formula is C17H25FN2O3S. The van der Waals surface area contributed by atoms with Crippen LogP contribution in [0.1, 0.15) is 33.1 Å². The van der Waals surface area contributed by atoms with Gasteiger partial charge in [-0.25, -0.2) is 12.8 Å². The van der Waals surface area contributed by atoms with Crippen LogP contribution in [0.2, 0.25) is 0 Å². The summed E-state index contributed by atoms with van der Waals surface area (Å²) in [7, 11) is -3.65. The lowest BCUT2D eigenvalue weighted by molar-refractivity contribution is -0.133. The number of carbonyl (C=O) groups excluding carboxylic acids is 1. The smallest absolute Gasteiger partial charge is 0.224 e. The molecule has 1 aromatic rings. The summed E-state index contributed by atoms with van der Waals surface area (Å²) in [6.45, 7) is 5.80. The summed E-state index contributed by atoms with van der Waals surface area (Å²) >= 11 is 0. The SMILES string of the molecule is CCCN(C(=O)CC(C)S(=O)(=O)c1ccc(F)cc1)C1CCNC1. The first-order valence-corrected chi connectivity index (χ1v) is 9.90. The van der Waals surface area contributed by atoms with Crippen molar-refractivity contribution in [1.82, 2.24) is 10.2 Å². The zero-order chi connectivity index (χ0) is 17.7. The highest BCUT2D eigenvalue weighted by molar-refractivity contribution is 7.92. The number of amides is 1. The van der Waals surface area contributed by atoms with E-state index in [1.807, 2.05) is 6.92 Å². The van der Waals surface area contributed by atoms with Gasteiger partial charge in [-0.1, -0.05) is 6.92 Å². The minimum atomic E-state index is -3.65. The van der Waals surface area contributed by atoms with Crippen LogP contribution in [-0.2, 0) is 14.6 Å². The van der Waals surface area contributed by atoms with Gasteiger partial charge in [-0.3, -0.25) is 4.79 Å². The summed E-state index contributed by atoms with van der Waals surface area (Å²) in [5.41, 5.74) is 0. The molecule has 2 unspecified atom stereocenters. The average molecular weight is 356 g/mol. The first kappa shape index (κ1) is 18.9. The van der Waals surface area contributed by atoms with Crippen LogP contribution in [0.25, 0.3) is 0 Å². The maximum atomic E-state index is 13.0. The molecule has 1 N–H and O–H groups in total. The summed E-state index contributed by atoms with van der Waals surface area (Å²) in [5, 5.41) is 2.39. The number of halogens is 1. The molecule has 0 aliphatic carbocycles. The lowest BCUT2D eigenvalue weighted by Crippen LogP contribution is -2.43. The standard InChI is InChI=1S/C17H25FN2O3S/c1-3-10-20(15-8-9-19-12-15)17(21)11-13(2)24(22,23)16-6-4-14(18)5-7-16/h4-7,13,15,19H,3,8-12H2,1-2H3. The number of sulfone groups is 1. The Labute approximate surface area is 143 Å². The minimum absolute atomic E-state index is 0.0498. The molecule has 2 atom stereocenters. The Hall–Kier alpha value is -1.47. The fraction of sp³-hybridized carbons (Fsp3) is 0.588. The molecule has 5 nitrogen and oxygen atoms in total. The minimum Gasteiger partial charge on any atom is -0.338 e. The molecular weight excluding hydrogens is 331 g/mol. The van der Waals surface area contributed by atoms with Crippen molar-refractivity contribution in [1.29, 1.82) is 0 Å². The van der Waals surface area contributed by atoms with Crippen LogP contribution in [0.3, 0.4) is 0 Å². The van der Waals surface area contributed by atoms with Crippen LogP contribution in [0.15, 0.2) is 29.2 Å². The first-order valence-electron chi connectivity index (χ1n) is 8.36. The zero-order valence-corrected chi connectivity index (χ0v) is 15.0. The van der Waals surface area contributed by atoms with E-state index in [4.69, 9.17) is 0 Å². The number of carbonyl (C=O) groups is 1. The van der Waals surface area contributed by atoms with Crippen LogP contribution >= 0.6 is 0 Å². The van der Waals surface area contributed by atoms with Crippen LogP contribution in [0.5, 0.6) is 0 Å².